The van der Waals surface area contributed by atoms with E-state index >= 15 is 0 Å². The predicted octanol–water partition coefficient (Wildman–Crippen LogP) is 4.09. The fourth-order valence-electron chi connectivity index (χ4n) is 3.89. The van der Waals surface area contributed by atoms with Crippen LogP contribution in [0.4, 0.5) is 5.82 Å². The Labute approximate surface area is 180 Å². The van der Waals surface area contributed by atoms with Crippen LogP contribution in [-0.2, 0) is 0 Å². The molecule has 154 valence electrons. The van der Waals surface area contributed by atoms with Gasteiger partial charge in [-0.05, 0) is 42.0 Å². The molecule has 0 unspecified atom stereocenters. The second-order valence-electron chi connectivity index (χ2n) is 7.58. The molecular weight excluding hydrogens is 386 g/mol. The van der Waals surface area contributed by atoms with E-state index in [1.165, 1.54) is 0 Å². The van der Waals surface area contributed by atoms with Crippen molar-refractivity contribution in [1.29, 1.82) is 0 Å². The lowest BCUT2D eigenvalue weighted by molar-refractivity contribution is 0.0746. The van der Waals surface area contributed by atoms with E-state index in [0.29, 0.717) is 18.7 Å². The molecule has 5 rings (SSSR count). The van der Waals surface area contributed by atoms with Gasteiger partial charge in [-0.15, -0.1) is 0 Å². The first-order chi connectivity index (χ1) is 15.3. The van der Waals surface area contributed by atoms with E-state index < -0.39 is 0 Å². The van der Waals surface area contributed by atoms with Gasteiger partial charge in [-0.3, -0.25) is 9.89 Å². The monoisotopic (exact) mass is 409 g/mol. The van der Waals surface area contributed by atoms with Gasteiger partial charge in [-0.1, -0.05) is 42.5 Å². The molecule has 1 fully saturated rings. The Morgan fingerprint density at radius 3 is 2.42 bits per heavy atom. The Bertz CT molecular complexity index is 1210. The minimum Gasteiger partial charge on any atom is -0.353 e. The highest BCUT2D eigenvalue weighted by molar-refractivity contribution is 5.95. The molecule has 0 aliphatic carbocycles. The van der Waals surface area contributed by atoms with E-state index in [4.69, 9.17) is 0 Å². The Morgan fingerprint density at radius 2 is 1.65 bits per heavy atom. The fourth-order valence-corrected chi connectivity index (χ4v) is 3.89. The maximum atomic E-state index is 12.9. The first-order valence-electron chi connectivity index (χ1n) is 10.4. The largest absolute Gasteiger partial charge is 0.353 e. The van der Waals surface area contributed by atoms with Crippen LogP contribution in [0.5, 0.6) is 0 Å². The highest BCUT2D eigenvalue weighted by Gasteiger charge is 2.22. The lowest BCUT2D eigenvalue weighted by Gasteiger charge is -2.35. The van der Waals surface area contributed by atoms with E-state index in [1.54, 1.807) is 6.20 Å². The number of amides is 1. The maximum Gasteiger partial charge on any atom is 0.253 e. The van der Waals surface area contributed by atoms with Gasteiger partial charge in [0.2, 0.25) is 0 Å². The molecule has 1 saturated heterocycles. The number of benzene rings is 2. The minimum absolute atomic E-state index is 0.0782. The average Bonchev–Trinajstić information content (AvgIpc) is 3.26. The summed E-state index contributed by atoms with van der Waals surface area (Å²) < 4.78 is 0. The Hall–Kier alpha value is -3.93. The quantitative estimate of drug-likeness (QED) is 0.551. The van der Waals surface area contributed by atoms with Crippen LogP contribution >= 0.6 is 0 Å². The van der Waals surface area contributed by atoms with Crippen LogP contribution in [0.3, 0.4) is 0 Å². The molecule has 1 N–H and O–H groups in total. The van der Waals surface area contributed by atoms with Gasteiger partial charge in [-0.2, -0.15) is 5.10 Å². The summed E-state index contributed by atoms with van der Waals surface area (Å²) in [6, 6.07) is 21.7. The normalized spacial score (nSPS) is 14.5. The summed E-state index contributed by atoms with van der Waals surface area (Å²) in [7, 11) is 0. The van der Waals surface area contributed by atoms with Gasteiger partial charge in [-0.25, -0.2) is 4.98 Å². The number of para-hydroxylation sites is 1. The highest BCUT2D eigenvalue weighted by atomic mass is 16.2. The molecule has 31 heavy (non-hydrogen) atoms. The van der Waals surface area contributed by atoms with Crippen molar-refractivity contribution in [2.75, 3.05) is 31.1 Å². The maximum absolute atomic E-state index is 12.9. The number of nitrogens with zero attached hydrogens (tertiary/aromatic N) is 4. The third-order valence-corrected chi connectivity index (χ3v) is 5.63. The summed E-state index contributed by atoms with van der Waals surface area (Å²) in [6.07, 6.45) is 5.81. The summed E-state index contributed by atoms with van der Waals surface area (Å²) >= 11 is 0. The lowest BCUT2D eigenvalue weighted by atomic mass is 10.1. The SMILES string of the molecule is O=C(c1ccc(/C=C/c2n[nH]c3ccccc23)cc1)N1CCN(c2ccccn2)CC1. The number of carbonyl (C=O) groups is 1. The Balaban J connectivity index is 1.22. The molecule has 0 bridgehead atoms. The molecule has 1 aliphatic rings. The molecule has 0 saturated carbocycles. The molecule has 0 spiro atoms. The third-order valence-electron chi connectivity index (χ3n) is 5.63. The van der Waals surface area contributed by atoms with Gasteiger partial charge in [0, 0.05) is 43.3 Å². The first-order valence-corrected chi connectivity index (χ1v) is 10.4. The smallest absolute Gasteiger partial charge is 0.253 e. The van der Waals surface area contributed by atoms with Gasteiger partial charge >= 0.3 is 0 Å². The number of fused-ring (bicyclic) bond motifs is 1. The molecule has 2 aromatic carbocycles. The van der Waals surface area contributed by atoms with Crippen LogP contribution in [0, 0.1) is 0 Å². The molecule has 1 aliphatic heterocycles. The number of anilines is 1. The van der Waals surface area contributed by atoms with Crippen molar-refractivity contribution in [3.8, 4) is 0 Å². The molecule has 6 heteroatoms. The van der Waals surface area contributed by atoms with E-state index in [-0.39, 0.29) is 5.91 Å². The van der Waals surface area contributed by atoms with Crippen molar-refractivity contribution in [2.45, 2.75) is 0 Å². The second kappa shape index (κ2) is 8.44. The van der Waals surface area contributed by atoms with E-state index in [9.17, 15) is 4.79 Å². The van der Waals surface area contributed by atoms with Crippen LogP contribution in [0.25, 0.3) is 23.1 Å². The number of carbonyl (C=O) groups excluding carboxylic acids is 1. The fraction of sp³-hybridized carbons (Fsp3) is 0.160. The van der Waals surface area contributed by atoms with Crippen molar-refractivity contribution in [1.82, 2.24) is 20.1 Å². The number of hydrogen-bond donors (Lipinski definition) is 1. The van der Waals surface area contributed by atoms with Gasteiger partial charge in [0.05, 0.1) is 11.2 Å². The van der Waals surface area contributed by atoms with E-state index in [0.717, 1.165) is 41.1 Å². The van der Waals surface area contributed by atoms with E-state index in [1.807, 2.05) is 83.8 Å². The number of H-pyrrole nitrogens is 1. The average molecular weight is 409 g/mol. The number of piperazine rings is 1. The van der Waals surface area contributed by atoms with Crippen molar-refractivity contribution in [3.63, 3.8) is 0 Å². The van der Waals surface area contributed by atoms with Crippen LogP contribution in [0.1, 0.15) is 21.6 Å². The Morgan fingerprint density at radius 1 is 0.871 bits per heavy atom. The van der Waals surface area contributed by atoms with E-state index in [2.05, 4.69) is 20.1 Å². The number of pyridine rings is 1. The molecule has 4 aromatic rings. The predicted molar refractivity (Wildman–Crippen MR) is 124 cm³/mol. The van der Waals surface area contributed by atoms with Crippen molar-refractivity contribution < 1.29 is 4.79 Å². The lowest BCUT2D eigenvalue weighted by Crippen LogP contribution is -2.49. The number of aromatic nitrogens is 3. The topological polar surface area (TPSA) is 65.1 Å². The molecule has 1 amide bonds. The van der Waals surface area contributed by atoms with Gasteiger partial charge in [0.25, 0.3) is 5.91 Å². The van der Waals surface area contributed by atoms with Gasteiger partial charge < -0.3 is 9.80 Å². The van der Waals surface area contributed by atoms with Gasteiger partial charge in [0.1, 0.15) is 5.82 Å². The number of aromatic amines is 1. The molecule has 0 radical (unpaired) electrons. The minimum atomic E-state index is 0.0782. The number of hydrogen-bond acceptors (Lipinski definition) is 4. The summed E-state index contributed by atoms with van der Waals surface area (Å²) in [4.78, 5) is 21.4. The third kappa shape index (κ3) is 4.05. The Kier molecular flexibility index (Phi) is 5.19. The molecule has 2 aromatic heterocycles. The molecular formula is C25H23N5O. The molecule has 0 atom stereocenters. The summed E-state index contributed by atoms with van der Waals surface area (Å²) in [5, 5.41) is 8.50. The highest BCUT2D eigenvalue weighted by Crippen LogP contribution is 2.19. The van der Waals surface area contributed by atoms with Crippen LogP contribution < -0.4 is 4.90 Å². The first kappa shape index (κ1) is 19.1. The zero-order chi connectivity index (χ0) is 21.0. The second-order valence-corrected chi connectivity index (χ2v) is 7.58. The summed E-state index contributed by atoms with van der Waals surface area (Å²) in [6.45, 7) is 2.98. The number of rotatable bonds is 4. The van der Waals surface area contributed by atoms with Crippen molar-refractivity contribution >= 4 is 34.8 Å². The standard InChI is InChI=1S/C25H23N5O/c31-25(30-17-15-29(16-18-30)24-7-3-4-14-26-24)20-11-8-19(9-12-20)10-13-23-21-5-1-2-6-22(21)27-28-23/h1-14H,15-18H2,(H,27,28)/b13-10+. The molecule has 3 heterocycles. The molecule has 6 nitrogen and oxygen atoms in total. The van der Waals surface area contributed by atoms with Crippen molar-refractivity contribution in [2.24, 2.45) is 0 Å². The summed E-state index contributed by atoms with van der Waals surface area (Å²) in [5.41, 5.74) is 3.67. The van der Waals surface area contributed by atoms with Crippen LogP contribution in [-0.4, -0.2) is 52.2 Å². The van der Waals surface area contributed by atoms with Gasteiger partial charge in [0.15, 0.2) is 0 Å². The zero-order valence-electron chi connectivity index (χ0n) is 17.1. The van der Waals surface area contributed by atoms with Crippen LogP contribution in [0.15, 0.2) is 72.9 Å². The van der Waals surface area contributed by atoms with Crippen molar-refractivity contribution in [3.05, 3.63) is 89.7 Å². The summed E-state index contributed by atoms with van der Waals surface area (Å²) in [5.74, 6) is 1.05. The number of nitrogens with one attached hydrogen (secondary N) is 1. The zero-order valence-corrected chi connectivity index (χ0v) is 17.1. The van der Waals surface area contributed by atoms with Crippen LogP contribution in [0.2, 0.25) is 0 Å².